The summed E-state index contributed by atoms with van der Waals surface area (Å²) >= 11 is 0. The van der Waals surface area contributed by atoms with Gasteiger partial charge in [-0.15, -0.1) is 0 Å². The molecule has 0 aromatic rings. The van der Waals surface area contributed by atoms with Gasteiger partial charge in [-0.1, -0.05) is 6.92 Å². The third kappa shape index (κ3) is 2.99. The number of amides is 1. The van der Waals surface area contributed by atoms with E-state index in [-0.39, 0.29) is 23.8 Å². The molecular weight excluding hydrogens is 218 g/mol. The second-order valence-electron chi connectivity index (χ2n) is 5.67. The van der Waals surface area contributed by atoms with Crippen LogP contribution < -0.4 is 5.32 Å². The van der Waals surface area contributed by atoms with E-state index >= 15 is 0 Å². The molecule has 1 amide bonds. The van der Waals surface area contributed by atoms with Crippen LogP contribution in [0.1, 0.15) is 45.4 Å². The molecule has 2 saturated carbocycles. The molecule has 0 radical (unpaired) electrons. The quantitative estimate of drug-likeness (QED) is 0.789. The lowest BCUT2D eigenvalue weighted by Gasteiger charge is -2.35. The van der Waals surface area contributed by atoms with E-state index in [2.05, 4.69) is 12.2 Å². The smallest absolute Gasteiger partial charge is 0.306 e. The average molecular weight is 239 g/mol. The second-order valence-corrected chi connectivity index (χ2v) is 5.67. The Morgan fingerprint density at radius 1 is 1.06 bits per heavy atom. The van der Waals surface area contributed by atoms with Crippen LogP contribution in [0.3, 0.4) is 0 Å². The fraction of sp³-hybridized carbons (Fsp3) is 0.846. The normalized spacial score (nSPS) is 37.0. The van der Waals surface area contributed by atoms with Crippen molar-refractivity contribution in [3.05, 3.63) is 0 Å². The van der Waals surface area contributed by atoms with Crippen molar-refractivity contribution in [1.82, 2.24) is 5.32 Å². The van der Waals surface area contributed by atoms with Crippen molar-refractivity contribution in [2.75, 3.05) is 0 Å². The van der Waals surface area contributed by atoms with Gasteiger partial charge in [0.15, 0.2) is 0 Å². The van der Waals surface area contributed by atoms with Crippen molar-refractivity contribution < 1.29 is 14.7 Å². The van der Waals surface area contributed by atoms with E-state index in [1.54, 1.807) is 0 Å². The summed E-state index contributed by atoms with van der Waals surface area (Å²) < 4.78 is 0. The number of carboxylic acid groups (broad SMARTS) is 1. The zero-order valence-corrected chi connectivity index (χ0v) is 10.3. The van der Waals surface area contributed by atoms with Crippen LogP contribution in [-0.4, -0.2) is 23.0 Å². The fourth-order valence-electron chi connectivity index (χ4n) is 2.78. The highest BCUT2D eigenvalue weighted by atomic mass is 16.4. The van der Waals surface area contributed by atoms with Crippen molar-refractivity contribution in [2.45, 2.75) is 51.5 Å². The SMILES string of the molecule is CC1CCC(C(=O)NC2CC(C(=O)O)C2)CC1. The highest BCUT2D eigenvalue weighted by Crippen LogP contribution is 2.31. The molecule has 96 valence electrons. The Hall–Kier alpha value is -1.06. The van der Waals surface area contributed by atoms with Crippen LogP contribution in [0.2, 0.25) is 0 Å². The van der Waals surface area contributed by atoms with Crippen LogP contribution >= 0.6 is 0 Å². The molecule has 0 aromatic carbocycles. The molecule has 17 heavy (non-hydrogen) atoms. The summed E-state index contributed by atoms with van der Waals surface area (Å²) in [7, 11) is 0. The zero-order chi connectivity index (χ0) is 12.4. The molecule has 0 unspecified atom stereocenters. The van der Waals surface area contributed by atoms with Crippen LogP contribution in [0, 0.1) is 17.8 Å². The minimum atomic E-state index is -0.734. The number of carbonyl (C=O) groups excluding carboxylic acids is 1. The van der Waals surface area contributed by atoms with Gasteiger partial charge in [-0.3, -0.25) is 9.59 Å². The molecule has 2 aliphatic rings. The van der Waals surface area contributed by atoms with Gasteiger partial charge in [-0.05, 0) is 44.4 Å². The Bertz CT molecular complexity index is 302. The predicted octanol–water partition coefficient (Wildman–Crippen LogP) is 1.79. The number of aliphatic carboxylic acids is 1. The largest absolute Gasteiger partial charge is 0.481 e. The van der Waals surface area contributed by atoms with Gasteiger partial charge >= 0.3 is 5.97 Å². The molecule has 0 bridgehead atoms. The Labute approximate surface area is 102 Å². The summed E-state index contributed by atoms with van der Waals surface area (Å²) in [5.74, 6) is 0.0774. The molecule has 2 aliphatic carbocycles. The first-order valence-electron chi connectivity index (χ1n) is 6.59. The first-order valence-corrected chi connectivity index (χ1v) is 6.59. The lowest BCUT2D eigenvalue weighted by molar-refractivity contribution is -0.146. The topological polar surface area (TPSA) is 66.4 Å². The summed E-state index contributed by atoms with van der Waals surface area (Å²) in [4.78, 5) is 22.6. The number of nitrogens with one attached hydrogen (secondary N) is 1. The van der Waals surface area contributed by atoms with Gasteiger partial charge in [0.1, 0.15) is 0 Å². The molecule has 0 spiro atoms. The highest BCUT2D eigenvalue weighted by molar-refractivity contribution is 5.79. The van der Waals surface area contributed by atoms with Crippen LogP contribution in [0.15, 0.2) is 0 Å². The van der Waals surface area contributed by atoms with Gasteiger partial charge in [0.25, 0.3) is 0 Å². The summed E-state index contributed by atoms with van der Waals surface area (Å²) in [5.41, 5.74) is 0. The van der Waals surface area contributed by atoms with Crippen LogP contribution in [0.25, 0.3) is 0 Å². The number of carbonyl (C=O) groups is 2. The second kappa shape index (κ2) is 5.07. The van der Waals surface area contributed by atoms with Crippen molar-refractivity contribution in [1.29, 1.82) is 0 Å². The maximum absolute atomic E-state index is 11.9. The summed E-state index contributed by atoms with van der Waals surface area (Å²) in [5, 5.41) is 11.7. The molecule has 2 N–H and O–H groups in total. The summed E-state index contributed by atoms with van der Waals surface area (Å²) in [6, 6.07) is 0.1000. The molecule has 4 heteroatoms. The zero-order valence-electron chi connectivity index (χ0n) is 10.3. The van der Waals surface area contributed by atoms with Gasteiger partial charge in [0, 0.05) is 12.0 Å². The minimum absolute atomic E-state index is 0.1000. The fourth-order valence-corrected chi connectivity index (χ4v) is 2.78. The minimum Gasteiger partial charge on any atom is -0.481 e. The standard InChI is InChI=1S/C13H21NO3/c1-8-2-4-9(5-3-8)12(15)14-11-6-10(7-11)13(16)17/h8-11H,2-7H2,1H3,(H,14,15)(H,16,17). The Balaban J connectivity index is 1.70. The van der Waals surface area contributed by atoms with E-state index in [4.69, 9.17) is 5.11 Å². The maximum Gasteiger partial charge on any atom is 0.306 e. The van der Waals surface area contributed by atoms with E-state index < -0.39 is 5.97 Å². The lowest BCUT2D eigenvalue weighted by Crippen LogP contribution is -2.48. The molecule has 0 atom stereocenters. The molecule has 0 aliphatic heterocycles. The third-order valence-corrected chi connectivity index (χ3v) is 4.22. The molecule has 0 saturated heterocycles. The van der Waals surface area contributed by atoms with Crippen molar-refractivity contribution in [3.63, 3.8) is 0 Å². The van der Waals surface area contributed by atoms with Gasteiger partial charge in [-0.2, -0.15) is 0 Å². The number of carboxylic acids is 1. The molecule has 0 aromatic heterocycles. The van der Waals surface area contributed by atoms with Gasteiger partial charge in [0.05, 0.1) is 5.92 Å². The molecule has 4 nitrogen and oxygen atoms in total. The van der Waals surface area contributed by atoms with E-state index in [9.17, 15) is 9.59 Å². The monoisotopic (exact) mass is 239 g/mol. The molecule has 2 rings (SSSR count). The number of rotatable bonds is 3. The van der Waals surface area contributed by atoms with Crippen LogP contribution in [-0.2, 0) is 9.59 Å². The molecule has 0 heterocycles. The van der Waals surface area contributed by atoms with E-state index in [1.807, 2.05) is 0 Å². The van der Waals surface area contributed by atoms with Crippen LogP contribution in [0.4, 0.5) is 0 Å². The maximum atomic E-state index is 11.9. The molecule has 2 fully saturated rings. The average Bonchev–Trinajstić information content (AvgIpc) is 2.23. The Morgan fingerprint density at radius 3 is 2.18 bits per heavy atom. The van der Waals surface area contributed by atoms with Gasteiger partial charge in [0.2, 0.25) is 5.91 Å². The first-order chi connectivity index (χ1) is 8.06. The van der Waals surface area contributed by atoms with Crippen LogP contribution in [0.5, 0.6) is 0 Å². The van der Waals surface area contributed by atoms with Gasteiger partial charge in [-0.25, -0.2) is 0 Å². The van der Waals surface area contributed by atoms with Gasteiger partial charge < -0.3 is 10.4 Å². The first kappa shape index (κ1) is 12.4. The molecular formula is C13H21NO3. The number of hydrogen-bond donors (Lipinski definition) is 2. The predicted molar refractivity (Wildman–Crippen MR) is 63.4 cm³/mol. The van der Waals surface area contributed by atoms with Crippen molar-refractivity contribution in [2.24, 2.45) is 17.8 Å². The van der Waals surface area contributed by atoms with Crippen molar-refractivity contribution in [3.8, 4) is 0 Å². The number of hydrogen-bond acceptors (Lipinski definition) is 2. The lowest BCUT2D eigenvalue weighted by atomic mass is 9.79. The Morgan fingerprint density at radius 2 is 1.65 bits per heavy atom. The highest BCUT2D eigenvalue weighted by Gasteiger charge is 2.36. The third-order valence-electron chi connectivity index (χ3n) is 4.22. The van der Waals surface area contributed by atoms with E-state index in [1.165, 1.54) is 0 Å². The summed E-state index contributed by atoms with van der Waals surface area (Å²) in [6.07, 6.45) is 5.46. The van der Waals surface area contributed by atoms with E-state index in [0.29, 0.717) is 12.8 Å². The summed E-state index contributed by atoms with van der Waals surface area (Å²) in [6.45, 7) is 2.23. The Kier molecular flexibility index (Phi) is 3.69. The van der Waals surface area contributed by atoms with Crippen molar-refractivity contribution >= 4 is 11.9 Å². The van der Waals surface area contributed by atoms with E-state index in [0.717, 1.165) is 31.6 Å².